The summed E-state index contributed by atoms with van der Waals surface area (Å²) in [6, 6.07) is 18.1. The van der Waals surface area contributed by atoms with E-state index in [4.69, 9.17) is 4.74 Å². The summed E-state index contributed by atoms with van der Waals surface area (Å²) in [5, 5.41) is 3.15. The maximum absolute atomic E-state index is 12.5. The number of para-hydroxylation sites is 1. The number of hydrogen-bond donors (Lipinski definition) is 1. The number of nitrogens with one attached hydrogen (secondary N) is 1. The van der Waals surface area contributed by atoms with Gasteiger partial charge in [-0.3, -0.25) is 9.69 Å². The number of methoxy groups -OCH3 is 1. The number of amides is 1. The number of likely N-dealkylation sites (tertiary alicyclic amines) is 1. The normalized spacial score (nSPS) is 15.9. The molecule has 1 aliphatic heterocycles. The highest BCUT2D eigenvalue weighted by molar-refractivity contribution is 5.97. The highest BCUT2D eigenvalue weighted by atomic mass is 16.5. The molecule has 2 aromatic rings. The SMILES string of the molecule is COc1ccccc1C(=O)NC1CCN(Cc2ccccc2)CC1. The molecular formula is C20H24N2O2. The van der Waals surface area contributed by atoms with Crippen LogP contribution in [0.25, 0.3) is 0 Å². The van der Waals surface area contributed by atoms with Gasteiger partial charge in [0.25, 0.3) is 5.91 Å². The first kappa shape index (κ1) is 16.5. The molecule has 0 atom stereocenters. The Labute approximate surface area is 143 Å². The van der Waals surface area contributed by atoms with Gasteiger partial charge < -0.3 is 10.1 Å². The van der Waals surface area contributed by atoms with Crippen molar-refractivity contribution in [3.05, 3.63) is 65.7 Å². The second-order valence-electron chi connectivity index (χ2n) is 6.21. The minimum atomic E-state index is -0.0473. The van der Waals surface area contributed by atoms with Gasteiger partial charge >= 0.3 is 0 Å². The smallest absolute Gasteiger partial charge is 0.255 e. The Morgan fingerprint density at radius 2 is 1.75 bits per heavy atom. The molecule has 2 aromatic carbocycles. The lowest BCUT2D eigenvalue weighted by Gasteiger charge is -2.32. The van der Waals surface area contributed by atoms with E-state index < -0.39 is 0 Å². The lowest BCUT2D eigenvalue weighted by molar-refractivity contribution is 0.0906. The maximum Gasteiger partial charge on any atom is 0.255 e. The molecule has 126 valence electrons. The van der Waals surface area contributed by atoms with Gasteiger partial charge in [-0.15, -0.1) is 0 Å². The molecule has 4 heteroatoms. The Kier molecular flexibility index (Phi) is 5.49. The van der Waals surface area contributed by atoms with Crippen LogP contribution in [-0.2, 0) is 6.54 Å². The van der Waals surface area contributed by atoms with Gasteiger partial charge in [0, 0.05) is 25.7 Å². The quantitative estimate of drug-likeness (QED) is 0.919. The fraction of sp³-hybridized carbons (Fsp3) is 0.350. The zero-order chi connectivity index (χ0) is 16.8. The van der Waals surface area contributed by atoms with E-state index in [0.29, 0.717) is 11.3 Å². The van der Waals surface area contributed by atoms with Crippen molar-refractivity contribution in [2.24, 2.45) is 0 Å². The number of nitrogens with zero attached hydrogens (tertiary/aromatic N) is 1. The van der Waals surface area contributed by atoms with Crippen LogP contribution in [0.1, 0.15) is 28.8 Å². The van der Waals surface area contributed by atoms with E-state index in [-0.39, 0.29) is 11.9 Å². The number of piperidine rings is 1. The summed E-state index contributed by atoms with van der Waals surface area (Å²) in [6.45, 7) is 2.99. The van der Waals surface area contributed by atoms with Gasteiger partial charge in [-0.1, -0.05) is 42.5 Å². The van der Waals surface area contributed by atoms with Crippen molar-refractivity contribution in [3.8, 4) is 5.75 Å². The Bertz CT molecular complexity index is 664. The third-order valence-corrected chi connectivity index (χ3v) is 4.52. The highest BCUT2D eigenvalue weighted by Gasteiger charge is 2.22. The molecular weight excluding hydrogens is 300 g/mol. The molecule has 0 saturated carbocycles. The molecule has 0 radical (unpaired) electrons. The number of hydrogen-bond acceptors (Lipinski definition) is 3. The van der Waals surface area contributed by atoms with Gasteiger partial charge in [0.1, 0.15) is 5.75 Å². The molecule has 1 fully saturated rings. The van der Waals surface area contributed by atoms with E-state index in [1.807, 2.05) is 24.3 Å². The molecule has 0 aromatic heterocycles. The summed E-state index contributed by atoms with van der Waals surface area (Å²) in [6.07, 6.45) is 1.96. The molecule has 3 rings (SSSR count). The highest BCUT2D eigenvalue weighted by Crippen LogP contribution is 2.19. The Balaban J connectivity index is 1.51. The van der Waals surface area contributed by atoms with Gasteiger partial charge in [0.15, 0.2) is 0 Å². The molecule has 0 aliphatic carbocycles. The first-order chi connectivity index (χ1) is 11.8. The van der Waals surface area contributed by atoms with Crippen LogP contribution in [0.4, 0.5) is 0 Å². The monoisotopic (exact) mass is 324 g/mol. The van der Waals surface area contributed by atoms with E-state index in [0.717, 1.165) is 32.5 Å². The van der Waals surface area contributed by atoms with Crippen LogP contribution in [0.5, 0.6) is 5.75 Å². The molecule has 1 aliphatic rings. The number of carbonyl (C=O) groups excluding carboxylic acids is 1. The molecule has 1 N–H and O–H groups in total. The van der Waals surface area contributed by atoms with Gasteiger partial charge in [-0.2, -0.15) is 0 Å². The predicted molar refractivity (Wildman–Crippen MR) is 95.2 cm³/mol. The second-order valence-corrected chi connectivity index (χ2v) is 6.21. The van der Waals surface area contributed by atoms with E-state index in [1.165, 1.54) is 5.56 Å². The summed E-state index contributed by atoms with van der Waals surface area (Å²) in [4.78, 5) is 14.9. The third kappa shape index (κ3) is 4.15. The molecule has 24 heavy (non-hydrogen) atoms. The van der Waals surface area contributed by atoms with E-state index in [1.54, 1.807) is 13.2 Å². The van der Waals surface area contributed by atoms with Crippen molar-refractivity contribution in [1.29, 1.82) is 0 Å². The van der Waals surface area contributed by atoms with E-state index >= 15 is 0 Å². The van der Waals surface area contributed by atoms with E-state index in [2.05, 4.69) is 34.5 Å². The Morgan fingerprint density at radius 1 is 1.08 bits per heavy atom. The second kappa shape index (κ2) is 7.97. The topological polar surface area (TPSA) is 41.6 Å². The zero-order valence-corrected chi connectivity index (χ0v) is 14.1. The van der Waals surface area contributed by atoms with Crippen LogP contribution < -0.4 is 10.1 Å². The van der Waals surface area contributed by atoms with Crippen molar-refractivity contribution in [2.45, 2.75) is 25.4 Å². The van der Waals surface area contributed by atoms with Crippen molar-refractivity contribution in [1.82, 2.24) is 10.2 Å². The molecule has 1 saturated heterocycles. The van der Waals surface area contributed by atoms with Crippen molar-refractivity contribution in [3.63, 3.8) is 0 Å². The first-order valence-electron chi connectivity index (χ1n) is 8.46. The Hall–Kier alpha value is -2.33. The summed E-state index contributed by atoms with van der Waals surface area (Å²) < 4.78 is 5.27. The Morgan fingerprint density at radius 3 is 2.46 bits per heavy atom. The molecule has 1 amide bonds. The van der Waals surface area contributed by atoms with Crippen LogP contribution >= 0.6 is 0 Å². The van der Waals surface area contributed by atoms with Crippen LogP contribution in [0.2, 0.25) is 0 Å². The first-order valence-corrected chi connectivity index (χ1v) is 8.46. The fourth-order valence-electron chi connectivity index (χ4n) is 3.17. The number of carbonyl (C=O) groups is 1. The number of rotatable bonds is 5. The summed E-state index contributed by atoms with van der Waals surface area (Å²) in [7, 11) is 1.59. The van der Waals surface area contributed by atoms with Gasteiger partial charge in [0.2, 0.25) is 0 Å². The summed E-state index contributed by atoms with van der Waals surface area (Å²) in [5.74, 6) is 0.575. The molecule has 1 heterocycles. The summed E-state index contributed by atoms with van der Waals surface area (Å²) in [5.41, 5.74) is 1.95. The van der Waals surface area contributed by atoms with Crippen LogP contribution in [0.15, 0.2) is 54.6 Å². The molecule has 0 spiro atoms. The van der Waals surface area contributed by atoms with Gasteiger partial charge in [0.05, 0.1) is 12.7 Å². The minimum absolute atomic E-state index is 0.0473. The van der Waals surface area contributed by atoms with E-state index in [9.17, 15) is 4.79 Å². The van der Waals surface area contributed by atoms with Crippen molar-refractivity contribution in [2.75, 3.05) is 20.2 Å². The van der Waals surface area contributed by atoms with Crippen LogP contribution in [0.3, 0.4) is 0 Å². The molecule has 0 unspecified atom stereocenters. The summed E-state index contributed by atoms with van der Waals surface area (Å²) >= 11 is 0. The number of ether oxygens (including phenoxy) is 1. The maximum atomic E-state index is 12.5. The van der Waals surface area contributed by atoms with Gasteiger partial charge in [-0.25, -0.2) is 0 Å². The lowest BCUT2D eigenvalue weighted by atomic mass is 10.0. The number of benzene rings is 2. The van der Waals surface area contributed by atoms with Crippen LogP contribution in [-0.4, -0.2) is 37.0 Å². The van der Waals surface area contributed by atoms with Gasteiger partial charge in [-0.05, 0) is 30.5 Å². The standard InChI is InChI=1S/C20H24N2O2/c1-24-19-10-6-5-9-18(19)20(23)21-17-11-13-22(14-12-17)15-16-7-3-2-4-8-16/h2-10,17H,11-15H2,1H3,(H,21,23). The van der Waals surface area contributed by atoms with Crippen molar-refractivity contribution < 1.29 is 9.53 Å². The van der Waals surface area contributed by atoms with Crippen molar-refractivity contribution >= 4 is 5.91 Å². The lowest BCUT2D eigenvalue weighted by Crippen LogP contribution is -2.44. The fourth-order valence-corrected chi connectivity index (χ4v) is 3.17. The molecule has 0 bridgehead atoms. The average Bonchev–Trinajstić information content (AvgIpc) is 2.64. The average molecular weight is 324 g/mol. The largest absolute Gasteiger partial charge is 0.496 e. The minimum Gasteiger partial charge on any atom is -0.496 e. The third-order valence-electron chi connectivity index (χ3n) is 4.52. The predicted octanol–water partition coefficient (Wildman–Crippen LogP) is 3.09. The zero-order valence-electron chi connectivity index (χ0n) is 14.1. The van der Waals surface area contributed by atoms with Crippen LogP contribution in [0, 0.1) is 0 Å². The molecule has 4 nitrogen and oxygen atoms in total.